The van der Waals surface area contributed by atoms with Gasteiger partial charge in [-0.25, -0.2) is 15.0 Å². The molecule has 0 N–H and O–H groups in total. The summed E-state index contributed by atoms with van der Waals surface area (Å²) in [4.78, 5) is 37.3. The van der Waals surface area contributed by atoms with Crippen molar-refractivity contribution in [2.75, 3.05) is 0 Å². The maximum atomic E-state index is 12.4. The summed E-state index contributed by atoms with van der Waals surface area (Å²) < 4.78 is 0. The molecule has 6 heteroatoms. The predicted molar refractivity (Wildman–Crippen MR) is 69.4 cm³/mol. The minimum Gasteiger partial charge on any atom is -0.293 e. The van der Waals surface area contributed by atoms with E-state index in [-0.39, 0.29) is 11.6 Å². The third kappa shape index (κ3) is 2.08. The average Bonchev–Trinajstić information content (AvgIpc) is 2.81. The molecule has 2 aromatic rings. The Morgan fingerprint density at radius 3 is 2.84 bits per heavy atom. The number of hydrogen-bond acceptors (Lipinski definition) is 6. The van der Waals surface area contributed by atoms with Gasteiger partial charge in [0.15, 0.2) is 11.6 Å². The second-order valence-corrected chi connectivity index (χ2v) is 5.66. The zero-order valence-electron chi connectivity index (χ0n) is 10.3. The molecule has 0 bridgehead atoms. The van der Waals surface area contributed by atoms with Gasteiger partial charge in [-0.1, -0.05) is 0 Å². The van der Waals surface area contributed by atoms with Crippen LogP contribution >= 0.6 is 11.3 Å². The van der Waals surface area contributed by atoms with E-state index in [2.05, 4.69) is 15.0 Å². The van der Waals surface area contributed by atoms with Crippen LogP contribution in [0.25, 0.3) is 0 Å². The first kappa shape index (κ1) is 12.1. The lowest BCUT2D eigenvalue weighted by molar-refractivity contribution is 0.0792. The predicted octanol–water partition coefficient (Wildman–Crippen LogP) is 1.87. The van der Waals surface area contributed by atoms with E-state index in [1.54, 1.807) is 0 Å². The van der Waals surface area contributed by atoms with Crippen LogP contribution in [0.5, 0.6) is 0 Å². The normalized spacial score (nSPS) is 18.2. The number of thiazole rings is 1. The fourth-order valence-corrected chi connectivity index (χ4v) is 3.24. The highest BCUT2D eigenvalue weighted by Gasteiger charge is 2.35. The smallest absolute Gasteiger partial charge is 0.185 e. The summed E-state index contributed by atoms with van der Waals surface area (Å²) in [5.41, 5.74) is 1.23. The third-order valence-corrected chi connectivity index (χ3v) is 4.20. The van der Waals surface area contributed by atoms with E-state index in [1.165, 1.54) is 30.1 Å². The highest BCUT2D eigenvalue weighted by Crippen LogP contribution is 2.31. The van der Waals surface area contributed by atoms with Crippen molar-refractivity contribution in [3.05, 3.63) is 39.9 Å². The molecule has 1 aliphatic carbocycles. The first-order valence-electron chi connectivity index (χ1n) is 5.96. The number of nitrogens with zero attached hydrogens (tertiary/aromatic N) is 3. The lowest BCUT2D eigenvalue weighted by atomic mass is 9.85. The van der Waals surface area contributed by atoms with Crippen molar-refractivity contribution in [2.45, 2.75) is 19.8 Å². The van der Waals surface area contributed by atoms with Crippen molar-refractivity contribution in [1.82, 2.24) is 15.0 Å². The largest absolute Gasteiger partial charge is 0.293 e. The van der Waals surface area contributed by atoms with Crippen LogP contribution in [0.2, 0.25) is 0 Å². The van der Waals surface area contributed by atoms with Crippen molar-refractivity contribution in [3.8, 4) is 0 Å². The molecule has 5 nitrogen and oxygen atoms in total. The van der Waals surface area contributed by atoms with Crippen LogP contribution < -0.4 is 0 Å². The molecule has 1 aliphatic rings. The van der Waals surface area contributed by atoms with E-state index in [4.69, 9.17) is 0 Å². The molecule has 96 valence electrons. The van der Waals surface area contributed by atoms with Crippen molar-refractivity contribution in [1.29, 1.82) is 0 Å². The van der Waals surface area contributed by atoms with Gasteiger partial charge < -0.3 is 0 Å². The SMILES string of the molecule is Cc1nc2c(s1)C(=O)C(C(=O)c1cncnc1)CC2. The van der Waals surface area contributed by atoms with Crippen LogP contribution in [0.1, 0.15) is 37.2 Å². The Hall–Kier alpha value is -1.95. The molecule has 2 aromatic heterocycles. The third-order valence-electron chi connectivity index (χ3n) is 3.18. The van der Waals surface area contributed by atoms with Crippen LogP contribution in [0.4, 0.5) is 0 Å². The second-order valence-electron chi connectivity index (χ2n) is 4.46. The highest BCUT2D eigenvalue weighted by atomic mass is 32.1. The van der Waals surface area contributed by atoms with Crippen LogP contribution in [-0.2, 0) is 6.42 Å². The molecule has 1 atom stereocenters. The summed E-state index contributed by atoms with van der Waals surface area (Å²) in [7, 11) is 0. The molecule has 0 aromatic carbocycles. The van der Waals surface area contributed by atoms with Crippen LogP contribution in [-0.4, -0.2) is 26.5 Å². The number of aryl methyl sites for hydroxylation is 2. The van der Waals surface area contributed by atoms with E-state index in [0.717, 1.165) is 10.7 Å². The average molecular weight is 273 g/mol. The quantitative estimate of drug-likeness (QED) is 0.617. The van der Waals surface area contributed by atoms with Crippen molar-refractivity contribution >= 4 is 22.9 Å². The van der Waals surface area contributed by atoms with Gasteiger partial charge in [0.1, 0.15) is 6.33 Å². The number of fused-ring (bicyclic) bond motifs is 1. The Labute approximate surface area is 113 Å². The standard InChI is InChI=1S/C13H11N3O2S/c1-7-16-10-3-2-9(12(18)13(10)19-7)11(17)8-4-14-6-15-5-8/h4-6,9H,2-3H2,1H3. The Balaban J connectivity index is 1.92. The number of Topliss-reactive ketones (excluding diaryl/α,β-unsaturated/α-hetero) is 2. The molecular weight excluding hydrogens is 262 g/mol. The van der Waals surface area contributed by atoms with Gasteiger partial charge in [-0.3, -0.25) is 9.59 Å². The van der Waals surface area contributed by atoms with Crippen molar-refractivity contribution in [3.63, 3.8) is 0 Å². The van der Waals surface area contributed by atoms with Gasteiger partial charge >= 0.3 is 0 Å². The summed E-state index contributed by atoms with van der Waals surface area (Å²) in [6.45, 7) is 1.87. The van der Waals surface area contributed by atoms with Gasteiger partial charge in [0.05, 0.1) is 27.1 Å². The molecule has 0 saturated heterocycles. The lowest BCUT2D eigenvalue weighted by Crippen LogP contribution is -2.29. The zero-order valence-corrected chi connectivity index (χ0v) is 11.1. The summed E-state index contributed by atoms with van der Waals surface area (Å²) in [6, 6.07) is 0. The zero-order chi connectivity index (χ0) is 13.4. The first-order chi connectivity index (χ1) is 9.16. The number of carbonyl (C=O) groups is 2. The Morgan fingerprint density at radius 1 is 1.37 bits per heavy atom. The topological polar surface area (TPSA) is 72.8 Å². The summed E-state index contributed by atoms with van der Waals surface area (Å²) in [6.07, 6.45) is 5.47. The van der Waals surface area contributed by atoms with Gasteiger partial charge in [0.2, 0.25) is 0 Å². The molecule has 0 saturated carbocycles. The van der Waals surface area contributed by atoms with E-state index in [0.29, 0.717) is 23.3 Å². The second kappa shape index (κ2) is 4.62. The molecular formula is C13H11N3O2S. The molecule has 0 fully saturated rings. The van der Waals surface area contributed by atoms with Gasteiger partial charge in [-0.2, -0.15) is 0 Å². The van der Waals surface area contributed by atoms with Gasteiger partial charge in [0, 0.05) is 12.4 Å². The fraction of sp³-hybridized carbons (Fsp3) is 0.308. The summed E-state index contributed by atoms with van der Waals surface area (Å²) in [5.74, 6) is -0.915. The van der Waals surface area contributed by atoms with Crippen molar-refractivity contribution in [2.24, 2.45) is 5.92 Å². The number of ketones is 2. The molecule has 0 spiro atoms. The molecule has 0 radical (unpaired) electrons. The maximum Gasteiger partial charge on any atom is 0.185 e. The Kier molecular flexibility index (Phi) is 2.94. The molecule has 0 amide bonds. The summed E-state index contributed by atoms with van der Waals surface area (Å²) in [5, 5.41) is 0.870. The highest BCUT2D eigenvalue weighted by molar-refractivity contribution is 7.13. The molecule has 0 aliphatic heterocycles. The van der Waals surface area contributed by atoms with E-state index in [9.17, 15) is 9.59 Å². The Morgan fingerprint density at radius 2 is 2.11 bits per heavy atom. The molecule has 2 heterocycles. The minimum absolute atomic E-state index is 0.110. The van der Waals surface area contributed by atoms with E-state index in [1.807, 2.05) is 6.92 Å². The first-order valence-corrected chi connectivity index (χ1v) is 6.78. The number of rotatable bonds is 2. The van der Waals surface area contributed by atoms with E-state index >= 15 is 0 Å². The minimum atomic E-state index is -0.613. The summed E-state index contributed by atoms with van der Waals surface area (Å²) >= 11 is 1.37. The van der Waals surface area contributed by atoms with E-state index < -0.39 is 5.92 Å². The lowest BCUT2D eigenvalue weighted by Gasteiger charge is -2.18. The number of hydrogen-bond donors (Lipinski definition) is 0. The van der Waals surface area contributed by atoms with Crippen LogP contribution in [0.3, 0.4) is 0 Å². The monoisotopic (exact) mass is 273 g/mol. The van der Waals surface area contributed by atoms with Gasteiger partial charge in [0.25, 0.3) is 0 Å². The van der Waals surface area contributed by atoms with Crippen LogP contribution in [0.15, 0.2) is 18.7 Å². The number of aromatic nitrogens is 3. The molecule has 19 heavy (non-hydrogen) atoms. The molecule has 1 unspecified atom stereocenters. The van der Waals surface area contributed by atoms with Gasteiger partial charge in [-0.05, 0) is 19.8 Å². The van der Waals surface area contributed by atoms with Gasteiger partial charge in [-0.15, -0.1) is 11.3 Å². The number of carbonyl (C=O) groups excluding carboxylic acids is 2. The van der Waals surface area contributed by atoms with Crippen molar-refractivity contribution < 1.29 is 9.59 Å². The maximum absolute atomic E-state index is 12.4. The van der Waals surface area contributed by atoms with Crippen LogP contribution in [0, 0.1) is 12.8 Å². The fourth-order valence-electron chi connectivity index (χ4n) is 2.28. The molecule has 3 rings (SSSR count). The Bertz CT molecular complexity index is 651.